The number of esters is 1. The molecule has 1 saturated heterocycles. The molecule has 1 aliphatic heterocycles. The van der Waals surface area contributed by atoms with Gasteiger partial charge < -0.3 is 18.6 Å². The van der Waals surface area contributed by atoms with Gasteiger partial charge >= 0.3 is 5.97 Å². The van der Waals surface area contributed by atoms with Gasteiger partial charge in [0.1, 0.15) is 6.10 Å². The van der Waals surface area contributed by atoms with Crippen LogP contribution in [0.5, 0.6) is 0 Å². The lowest BCUT2D eigenvalue weighted by molar-refractivity contribution is 0.0223. The van der Waals surface area contributed by atoms with Gasteiger partial charge in [-0.3, -0.25) is 0 Å². The van der Waals surface area contributed by atoms with Crippen molar-refractivity contribution in [3.8, 4) is 11.5 Å². The summed E-state index contributed by atoms with van der Waals surface area (Å²) in [5.74, 6) is 0.411. The lowest BCUT2D eigenvalue weighted by atomic mass is 10.2. The van der Waals surface area contributed by atoms with Gasteiger partial charge in [0.25, 0.3) is 0 Å². The molecule has 0 amide bonds. The third-order valence-corrected chi connectivity index (χ3v) is 5.26. The Morgan fingerprint density at radius 3 is 2.88 bits per heavy atom. The van der Waals surface area contributed by atoms with Crippen LogP contribution in [0.4, 0.5) is 5.13 Å². The van der Waals surface area contributed by atoms with Gasteiger partial charge in [0, 0.05) is 6.07 Å². The van der Waals surface area contributed by atoms with E-state index in [-0.39, 0.29) is 11.8 Å². The predicted molar refractivity (Wildman–Crippen MR) is 95.2 cm³/mol. The molecule has 3 aromatic heterocycles. The predicted octanol–water partition coefficient (Wildman–Crippen LogP) is 3.59. The van der Waals surface area contributed by atoms with Gasteiger partial charge in [0.05, 0.1) is 29.6 Å². The van der Waals surface area contributed by atoms with Gasteiger partial charge in [0.15, 0.2) is 16.6 Å². The lowest BCUT2D eigenvalue weighted by Crippen LogP contribution is -2.53. The number of thiazole rings is 1. The maximum absolute atomic E-state index is 12.2. The second-order valence-electron chi connectivity index (χ2n) is 5.95. The zero-order valence-electron chi connectivity index (χ0n) is 13.5. The SMILES string of the molecule is O=C(OC1CN(c2nc3ccccc3s2)C1)c1cc(-c2ccco2)on1. The molecule has 5 rings (SSSR count). The third-order valence-electron chi connectivity index (χ3n) is 4.16. The quantitative estimate of drug-likeness (QED) is 0.510. The van der Waals surface area contributed by atoms with E-state index in [2.05, 4.69) is 21.1 Å². The summed E-state index contributed by atoms with van der Waals surface area (Å²) in [6, 6.07) is 13.0. The van der Waals surface area contributed by atoms with E-state index in [1.807, 2.05) is 18.2 Å². The van der Waals surface area contributed by atoms with E-state index in [0.717, 1.165) is 15.3 Å². The molecule has 0 spiro atoms. The molecule has 8 heteroatoms. The van der Waals surface area contributed by atoms with Gasteiger partial charge in [0.2, 0.25) is 5.76 Å². The van der Waals surface area contributed by atoms with Crippen LogP contribution in [0, 0.1) is 0 Å². The molecule has 7 nitrogen and oxygen atoms in total. The number of ether oxygens (including phenoxy) is 1. The fourth-order valence-electron chi connectivity index (χ4n) is 2.78. The molecule has 0 N–H and O–H groups in total. The standard InChI is InChI=1S/C18H13N3O4S/c22-17(13-8-15(25-20-13)14-5-3-7-23-14)24-11-9-21(10-11)18-19-12-4-1-2-6-16(12)26-18/h1-8,11H,9-10H2. The summed E-state index contributed by atoms with van der Waals surface area (Å²) < 4.78 is 17.0. The van der Waals surface area contributed by atoms with Crippen LogP contribution in [0.25, 0.3) is 21.7 Å². The van der Waals surface area contributed by atoms with E-state index < -0.39 is 5.97 Å². The summed E-state index contributed by atoms with van der Waals surface area (Å²) in [7, 11) is 0. The summed E-state index contributed by atoms with van der Waals surface area (Å²) in [4.78, 5) is 18.9. The van der Waals surface area contributed by atoms with Crippen molar-refractivity contribution in [1.82, 2.24) is 10.1 Å². The molecule has 1 aliphatic rings. The molecule has 0 unspecified atom stereocenters. The molecule has 4 aromatic rings. The largest absolute Gasteiger partial charge is 0.461 e. The summed E-state index contributed by atoms with van der Waals surface area (Å²) in [5.41, 5.74) is 1.12. The van der Waals surface area contributed by atoms with Crippen molar-refractivity contribution in [3.63, 3.8) is 0 Å². The fraction of sp³-hybridized carbons (Fsp3) is 0.167. The highest BCUT2D eigenvalue weighted by Gasteiger charge is 2.33. The normalized spacial score (nSPS) is 14.5. The number of benzene rings is 1. The van der Waals surface area contributed by atoms with E-state index in [0.29, 0.717) is 24.6 Å². The Morgan fingerprint density at radius 1 is 1.19 bits per heavy atom. The molecule has 0 radical (unpaired) electrons. The molecule has 1 aromatic carbocycles. The first-order valence-electron chi connectivity index (χ1n) is 8.08. The fourth-order valence-corrected chi connectivity index (χ4v) is 3.77. The number of aromatic nitrogens is 2. The van der Waals surface area contributed by atoms with Crippen LogP contribution in [0.2, 0.25) is 0 Å². The first-order valence-corrected chi connectivity index (χ1v) is 8.90. The molecular weight excluding hydrogens is 354 g/mol. The molecule has 26 heavy (non-hydrogen) atoms. The summed E-state index contributed by atoms with van der Waals surface area (Å²) >= 11 is 1.64. The van der Waals surface area contributed by atoms with Crippen LogP contribution >= 0.6 is 11.3 Å². The Hall–Kier alpha value is -3.13. The molecule has 0 saturated carbocycles. The summed E-state index contributed by atoms with van der Waals surface area (Å²) in [6.07, 6.45) is 1.35. The van der Waals surface area contributed by atoms with Gasteiger partial charge in [-0.25, -0.2) is 9.78 Å². The van der Waals surface area contributed by atoms with Crippen LogP contribution in [0.3, 0.4) is 0 Å². The first-order chi connectivity index (χ1) is 12.8. The number of carbonyl (C=O) groups excluding carboxylic acids is 1. The number of hydrogen-bond acceptors (Lipinski definition) is 8. The number of furan rings is 1. The van der Waals surface area contributed by atoms with E-state index in [1.54, 1.807) is 23.5 Å². The molecule has 1 fully saturated rings. The number of fused-ring (bicyclic) bond motifs is 1. The smallest absolute Gasteiger partial charge is 0.360 e. The van der Waals surface area contributed by atoms with Crippen molar-refractivity contribution < 1.29 is 18.5 Å². The van der Waals surface area contributed by atoms with Crippen LogP contribution in [-0.2, 0) is 4.74 Å². The zero-order valence-corrected chi connectivity index (χ0v) is 14.3. The number of nitrogens with zero attached hydrogens (tertiary/aromatic N) is 3. The Balaban J connectivity index is 1.21. The van der Waals surface area contributed by atoms with Crippen molar-refractivity contribution in [2.75, 3.05) is 18.0 Å². The van der Waals surface area contributed by atoms with Crippen molar-refractivity contribution in [3.05, 3.63) is 54.4 Å². The van der Waals surface area contributed by atoms with Crippen LogP contribution in [0.15, 0.2) is 57.7 Å². The van der Waals surface area contributed by atoms with Crippen molar-refractivity contribution in [1.29, 1.82) is 0 Å². The Labute approximate surface area is 151 Å². The van der Waals surface area contributed by atoms with Gasteiger partial charge in [-0.15, -0.1) is 0 Å². The number of para-hydroxylation sites is 1. The first kappa shape index (κ1) is 15.2. The highest BCUT2D eigenvalue weighted by molar-refractivity contribution is 7.22. The van der Waals surface area contributed by atoms with Crippen LogP contribution in [0.1, 0.15) is 10.5 Å². The zero-order chi connectivity index (χ0) is 17.5. The number of carbonyl (C=O) groups is 1. The van der Waals surface area contributed by atoms with Gasteiger partial charge in [-0.05, 0) is 24.3 Å². The maximum Gasteiger partial charge on any atom is 0.360 e. The maximum atomic E-state index is 12.2. The number of anilines is 1. The molecule has 0 atom stereocenters. The Morgan fingerprint density at radius 2 is 2.08 bits per heavy atom. The Kier molecular flexibility index (Phi) is 3.49. The number of hydrogen-bond donors (Lipinski definition) is 0. The minimum atomic E-state index is -0.500. The second-order valence-corrected chi connectivity index (χ2v) is 6.96. The average Bonchev–Trinajstić information content (AvgIpc) is 3.36. The van der Waals surface area contributed by atoms with Crippen molar-refractivity contribution in [2.45, 2.75) is 6.10 Å². The van der Waals surface area contributed by atoms with E-state index >= 15 is 0 Å². The summed E-state index contributed by atoms with van der Waals surface area (Å²) in [6.45, 7) is 1.24. The topological polar surface area (TPSA) is 81.6 Å². The van der Waals surface area contributed by atoms with Crippen LogP contribution < -0.4 is 4.90 Å². The number of rotatable bonds is 4. The van der Waals surface area contributed by atoms with Crippen LogP contribution in [-0.4, -0.2) is 35.3 Å². The highest BCUT2D eigenvalue weighted by Crippen LogP contribution is 2.32. The second kappa shape index (κ2) is 5.99. The van der Waals surface area contributed by atoms with E-state index in [1.165, 1.54) is 12.3 Å². The Bertz CT molecular complexity index is 1030. The van der Waals surface area contributed by atoms with Gasteiger partial charge in [-0.2, -0.15) is 0 Å². The van der Waals surface area contributed by atoms with Crippen molar-refractivity contribution >= 4 is 32.7 Å². The summed E-state index contributed by atoms with van der Waals surface area (Å²) in [5, 5.41) is 4.70. The molecule has 4 heterocycles. The monoisotopic (exact) mass is 367 g/mol. The molecule has 0 aliphatic carbocycles. The third kappa shape index (κ3) is 2.64. The molecular formula is C18H13N3O4S. The molecule has 0 bridgehead atoms. The molecule has 130 valence electrons. The average molecular weight is 367 g/mol. The lowest BCUT2D eigenvalue weighted by Gasteiger charge is -2.37. The van der Waals surface area contributed by atoms with Gasteiger partial charge in [-0.1, -0.05) is 28.6 Å². The highest BCUT2D eigenvalue weighted by atomic mass is 32.1. The minimum absolute atomic E-state index is 0.134. The van der Waals surface area contributed by atoms with Crippen molar-refractivity contribution in [2.24, 2.45) is 0 Å². The van der Waals surface area contributed by atoms with E-state index in [9.17, 15) is 4.79 Å². The minimum Gasteiger partial charge on any atom is -0.461 e. The van der Waals surface area contributed by atoms with E-state index in [4.69, 9.17) is 13.7 Å².